The number of hydrogen-bond acceptors (Lipinski definition) is 6. The summed E-state index contributed by atoms with van der Waals surface area (Å²) in [5, 5.41) is 0. The van der Waals surface area contributed by atoms with Crippen molar-refractivity contribution in [2.45, 2.75) is 32.4 Å². The van der Waals surface area contributed by atoms with E-state index in [2.05, 4.69) is 0 Å². The summed E-state index contributed by atoms with van der Waals surface area (Å²) in [6.07, 6.45) is -0.155. The van der Waals surface area contributed by atoms with Crippen LogP contribution in [-0.2, 0) is 14.4 Å². The van der Waals surface area contributed by atoms with Crippen LogP contribution >= 0.6 is 0 Å². The van der Waals surface area contributed by atoms with Crippen molar-refractivity contribution in [1.82, 2.24) is 4.90 Å². The van der Waals surface area contributed by atoms with Crippen LogP contribution in [0.4, 0.5) is 5.69 Å². The van der Waals surface area contributed by atoms with Crippen LogP contribution in [0.5, 0.6) is 11.5 Å². The second kappa shape index (κ2) is 10.4. The topological polar surface area (TPSA) is 93.2 Å². The predicted octanol–water partition coefficient (Wildman–Crippen LogP) is 4.16. The van der Waals surface area contributed by atoms with Crippen LogP contribution in [0.15, 0.2) is 78.9 Å². The fourth-order valence-corrected chi connectivity index (χ4v) is 4.32. The zero-order chi connectivity index (χ0) is 25.8. The monoisotopic (exact) mass is 486 g/mol. The minimum absolute atomic E-state index is 0.155. The zero-order valence-corrected chi connectivity index (χ0v) is 20.2. The number of imide groups is 1. The maximum atomic E-state index is 13.8. The molecule has 1 heterocycles. The largest absolute Gasteiger partial charge is 0.497 e. The molecule has 1 aliphatic heterocycles. The molecule has 2 atom stereocenters. The number of carbonyl (C=O) groups is 4. The second-order valence-corrected chi connectivity index (χ2v) is 8.41. The van der Waals surface area contributed by atoms with E-state index in [9.17, 15) is 19.2 Å². The molecule has 3 aromatic carbocycles. The van der Waals surface area contributed by atoms with Gasteiger partial charge in [0.15, 0.2) is 0 Å². The van der Waals surface area contributed by atoms with Crippen LogP contribution in [0.25, 0.3) is 0 Å². The van der Waals surface area contributed by atoms with Crippen molar-refractivity contribution in [3.8, 4) is 11.5 Å². The fourth-order valence-electron chi connectivity index (χ4n) is 4.32. The molecule has 0 bridgehead atoms. The number of carbonyl (C=O) groups excluding carboxylic acids is 4. The van der Waals surface area contributed by atoms with Gasteiger partial charge in [-0.3, -0.25) is 19.2 Å². The minimum Gasteiger partial charge on any atom is -0.497 e. The molecule has 3 aromatic rings. The van der Waals surface area contributed by atoms with Gasteiger partial charge >= 0.3 is 5.97 Å². The summed E-state index contributed by atoms with van der Waals surface area (Å²) in [7, 11) is 1.51. The second-order valence-electron chi connectivity index (χ2n) is 8.41. The third kappa shape index (κ3) is 4.98. The van der Waals surface area contributed by atoms with Gasteiger partial charge in [0.1, 0.15) is 17.5 Å². The molecule has 1 aliphatic rings. The van der Waals surface area contributed by atoms with E-state index < -0.39 is 29.9 Å². The smallest absolute Gasteiger partial charge is 0.308 e. The normalized spacial score (nSPS) is 16.0. The average molecular weight is 487 g/mol. The Labute approximate surface area is 209 Å². The average Bonchev–Trinajstić information content (AvgIpc) is 3.18. The van der Waals surface area contributed by atoms with Crippen LogP contribution < -0.4 is 14.4 Å². The molecule has 184 valence electrons. The minimum atomic E-state index is -1.00. The molecule has 1 saturated heterocycles. The van der Waals surface area contributed by atoms with Crippen molar-refractivity contribution in [3.63, 3.8) is 0 Å². The Kier molecular flexibility index (Phi) is 7.15. The van der Waals surface area contributed by atoms with Crippen LogP contribution in [0.3, 0.4) is 0 Å². The van der Waals surface area contributed by atoms with E-state index in [1.165, 1.54) is 43.2 Å². The van der Waals surface area contributed by atoms with Gasteiger partial charge in [0, 0.05) is 12.5 Å². The maximum Gasteiger partial charge on any atom is 0.308 e. The highest BCUT2D eigenvalue weighted by atomic mass is 16.5. The van der Waals surface area contributed by atoms with Gasteiger partial charge in [0.05, 0.1) is 25.3 Å². The molecule has 0 saturated carbocycles. The maximum absolute atomic E-state index is 13.8. The van der Waals surface area contributed by atoms with E-state index in [4.69, 9.17) is 9.47 Å². The highest BCUT2D eigenvalue weighted by Gasteiger charge is 2.46. The summed E-state index contributed by atoms with van der Waals surface area (Å²) in [4.78, 5) is 54.2. The molecule has 1 fully saturated rings. The Morgan fingerprint density at radius 1 is 0.944 bits per heavy atom. The first-order valence-corrected chi connectivity index (χ1v) is 11.5. The summed E-state index contributed by atoms with van der Waals surface area (Å²) >= 11 is 0. The van der Waals surface area contributed by atoms with E-state index in [-0.39, 0.29) is 12.3 Å². The molecule has 0 spiro atoms. The van der Waals surface area contributed by atoms with E-state index >= 15 is 0 Å². The van der Waals surface area contributed by atoms with Crippen LogP contribution in [0, 0.1) is 0 Å². The van der Waals surface area contributed by atoms with Crippen LogP contribution in [0.1, 0.15) is 42.2 Å². The Morgan fingerprint density at radius 2 is 1.64 bits per heavy atom. The molecular weight excluding hydrogens is 460 g/mol. The standard InChI is InChI=1S/C28H26N2O6/c1-18(20-8-5-4-6-9-20)29(27(33)21-10-7-11-24(16-21)35-3)25-17-26(32)30(28(25)34)22-12-14-23(15-13-22)36-19(2)31/h4-16,18,25H,17H2,1-3H3. The van der Waals surface area contributed by atoms with Crippen LogP contribution in [0.2, 0.25) is 0 Å². The highest BCUT2D eigenvalue weighted by molar-refractivity contribution is 6.23. The SMILES string of the molecule is COc1cccc(C(=O)N(C2CC(=O)N(c3ccc(OC(C)=O)cc3)C2=O)C(C)c2ccccc2)c1. The first kappa shape index (κ1) is 24.7. The van der Waals surface area contributed by atoms with Gasteiger partial charge in [-0.2, -0.15) is 0 Å². The summed E-state index contributed by atoms with van der Waals surface area (Å²) < 4.78 is 10.3. The third-order valence-electron chi connectivity index (χ3n) is 6.07. The molecule has 8 heteroatoms. The summed E-state index contributed by atoms with van der Waals surface area (Å²) in [5.74, 6) is -0.972. The van der Waals surface area contributed by atoms with Gasteiger partial charge in [0.25, 0.3) is 11.8 Å². The van der Waals surface area contributed by atoms with E-state index in [1.54, 1.807) is 24.3 Å². The molecular formula is C28H26N2O6. The number of hydrogen-bond donors (Lipinski definition) is 0. The zero-order valence-electron chi connectivity index (χ0n) is 20.2. The quantitative estimate of drug-likeness (QED) is 0.283. The Hall–Kier alpha value is -4.46. The number of esters is 1. The number of methoxy groups -OCH3 is 1. The van der Waals surface area contributed by atoms with Gasteiger partial charge in [-0.1, -0.05) is 36.4 Å². The van der Waals surface area contributed by atoms with Crippen molar-refractivity contribution >= 4 is 29.4 Å². The summed E-state index contributed by atoms with van der Waals surface area (Å²) in [6, 6.07) is 20.6. The van der Waals surface area contributed by atoms with Crippen molar-refractivity contribution in [3.05, 3.63) is 90.0 Å². The lowest BCUT2D eigenvalue weighted by atomic mass is 10.0. The van der Waals surface area contributed by atoms with E-state index in [0.717, 1.165) is 10.5 Å². The number of rotatable bonds is 7. The van der Waals surface area contributed by atoms with Crippen molar-refractivity contribution in [1.29, 1.82) is 0 Å². The molecule has 0 aromatic heterocycles. The Morgan fingerprint density at radius 3 is 2.28 bits per heavy atom. The first-order chi connectivity index (χ1) is 17.3. The lowest BCUT2D eigenvalue weighted by Crippen LogP contribution is -2.46. The first-order valence-electron chi connectivity index (χ1n) is 11.5. The van der Waals surface area contributed by atoms with Gasteiger partial charge in [0.2, 0.25) is 5.91 Å². The number of anilines is 1. The molecule has 3 amide bonds. The lowest BCUT2D eigenvalue weighted by molar-refractivity contribution is -0.132. The molecule has 36 heavy (non-hydrogen) atoms. The number of nitrogens with zero attached hydrogens (tertiary/aromatic N) is 2. The Balaban J connectivity index is 1.69. The highest BCUT2D eigenvalue weighted by Crippen LogP contribution is 2.33. The molecule has 2 unspecified atom stereocenters. The van der Waals surface area contributed by atoms with Gasteiger partial charge < -0.3 is 14.4 Å². The fraction of sp³-hybridized carbons (Fsp3) is 0.214. The number of amides is 3. The van der Waals surface area contributed by atoms with Crippen molar-refractivity contribution < 1.29 is 28.7 Å². The number of benzene rings is 3. The van der Waals surface area contributed by atoms with Gasteiger partial charge in [-0.25, -0.2) is 4.90 Å². The molecule has 0 radical (unpaired) electrons. The van der Waals surface area contributed by atoms with E-state index in [0.29, 0.717) is 22.7 Å². The van der Waals surface area contributed by atoms with Gasteiger partial charge in [-0.15, -0.1) is 0 Å². The summed E-state index contributed by atoms with van der Waals surface area (Å²) in [5.41, 5.74) is 1.52. The molecule has 0 aliphatic carbocycles. The van der Waals surface area contributed by atoms with Crippen molar-refractivity contribution in [2.24, 2.45) is 0 Å². The van der Waals surface area contributed by atoms with Gasteiger partial charge in [-0.05, 0) is 55.0 Å². The van der Waals surface area contributed by atoms with Crippen molar-refractivity contribution in [2.75, 3.05) is 12.0 Å². The molecule has 4 rings (SSSR count). The number of ether oxygens (including phenoxy) is 2. The molecule has 0 N–H and O–H groups in total. The Bertz CT molecular complexity index is 1290. The lowest BCUT2D eigenvalue weighted by Gasteiger charge is -2.33. The van der Waals surface area contributed by atoms with Crippen LogP contribution in [-0.4, -0.2) is 41.7 Å². The molecule has 8 nitrogen and oxygen atoms in total. The van der Waals surface area contributed by atoms with E-state index in [1.807, 2.05) is 37.3 Å². The third-order valence-corrected chi connectivity index (χ3v) is 6.07. The summed E-state index contributed by atoms with van der Waals surface area (Å²) in [6.45, 7) is 3.12. The predicted molar refractivity (Wildman–Crippen MR) is 133 cm³/mol.